The van der Waals surface area contributed by atoms with E-state index in [9.17, 15) is 0 Å². The minimum Gasteiger partial charge on any atom is -0.486 e. The van der Waals surface area contributed by atoms with Crippen molar-refractivity contribution in [3.63, 3.8) is 0 Å². The molecule has 1 aliphatic heterocycles. The summed E-state index contributed by atoms with van der Waals surface area (Å²) in [6.07, 6.45) is 0. The van der Waals surface area contributed by atoms with Gasteiger partial charge in [-0.25, -0.2) is 0 Å². The molecule has 1 heterocycles. The van der Waals surface area contributed by atoms with Crippen LogP contribution in [-0.4, -0.2) is 19.8 Å². The molecule has 0 spiro atoms. The van der Waals surface area contributed by atoms with Crippen molar-refractivity contribution in [2.24, 2.45) is 0 Å². The molecule has 3 heteroatoms. The highest BCUT2D eigenvalue weighted by atomic mass is 16.6. The minimum atomic E-state index is 0.626. The van der Waals surface area contributed by atoms with Crippen LogP contribution in [0.1, 0.15) is 26.3 Å². The molecule has 118 valence electrons. The Morgan fingerprint density at radius 2 is 1.59 bits per heavy atom. The summed E-state index contributed by atoms with van der Waals surface area (Å²) in [6, 6.07) is 16.7. The Balaban J connectivity index is 0.000000847. The lowest BCUT2D eigenvalue weighted by Gasteiger charge is -2.26. The normalized spacial score (nSPS) is 12.1. The Kier molecular flexibility index (Phi) is 6.13. The highest BCUT2D eigenvalue weighted by Gasteiger charge is 2.14. The number of rotatable bonds is 4. The summed E-state index contributed by atoms with van der Waals surface area (Å²) < 4.78 is 11.2. The lowest BCUT2D eigenvalue weighted by Crippen LogP contribution is -2.22. The maximum Gasteiger partial charge on any atom is 0.163 e. The van der Waals surface area contributed by atoms with Gasteiger partial charge in [-0.2, -0.15) is 0 Å². The molecule has 3 rings (SSSR count). The number of ether oxygens (including phenoxy) is 2. The van der Waals surface area contributed by atoms with E-state index in [1.54, 1.807) is 0 Å². The van der Waals surface area contributed by atoms with Crippen LogP contribution >= 0.6 is 0 Å². The van der Waals surface area contributed by atoms with Crippen molar-refractivity contribution in [2.75, 3.05) is 24.7 Å². The third-order valence-corrected chi connectivity index (χ3v) is 3.49. The van der Waals surface area contributed by atoms with Gasteiger partial charge in [-0.3, -0.25) is 0 Å². The first-order valence-electron chi connectivity index (χ1n) is 8.05. The van der Waals surface area contributed by atoms with Crippen LogP contribution in [0.15, 0.2) is 48.5 Å². The second kappa shape index (κ2) is 8.32. The minimum absolute atomic E-state index is 0.626. The molecule has 0 N–H and O–H groups in total. The molecule has 0 fully saturated rings. The number of anilines is 1. The number of hydrogen-bond acceptors (Lipinski definition) is 3. The van der Waals surface area contributed by atoms with Crippen molar-refractivity contribution in [2.45, 2.75) is 27.3 Å². The highest BCUT2D eigenvalue weighted by Crippen LogP contribution is 2.34. The summed E-state index contributed by atoms with van der Waals surface area (Å²) in [5.74, 6) is 1.69. The average molecular weight is 299 g/mol. The largest absolute Gasteiger partial charge is 0.486 e. The van der Waals surface area contributed by atoms with Gasteiger partial charge in [0.25, 0.3) is 0 Å². The third kappa shape index (κ3) is 3.94. The topological polar surface area (TPSA) is 21.7 Å². The van der Waals surface area contributed by atoms with Gasteiger partial charge >= 0.3 is 0 Å². The zero-order chi connectivity index (χ0) is 15.8. The molecule has 0 unspecified atom stereocenters. The molecule has 2 aromatic rings. The Bertz CT molecular complexity index is 569. The quantitative estimate of drug-likeness (QED) is 0.829. The van der Waals surface area contributed by atoms with E-state index in [-0.39, 0.29) is 0 Å². The van der Waals surface area contributed by atoms with E-state index in [0.717, 1.165) is 24.6 Å². The number of nitrogens with zero attached hydrogens (tertiary/aromatic N) is 1. The number of fused-ring (bicyclic) bond motifs is 1. The van der Waals surface area contributed by atoms with Crippen molar-refractivity contribution < 1.29 is 9.47 Å². The predicted octanol–water partition coefficient (Wildman–Crippen LogP) is 4.51. The van der Waals surface area contributed by atoms with E-state index in [1.165, 1.54) is 11.3 Å². The fourth-order valence-corrected chi connectivity index (χ4v) is 2.42. The van der Waals surface area contributed by atoms with Gasteiger partial charge in [-0.1, -0.05) is 44.2 Å². The highest BCUT2D eigenvalue weighted by molar-refractivity contribution is 5.57. The number of benzene rings is 2. The standard InChI is InChI=1S/C17H19NO2.C2H6/c1-2-18(13-14-6-4-3-5-7-14)15-8-9-16-17(12-15)20-11-10-19-16;1-2/h3-9,12H,2,10-11,13H2,1H3;1-2H3. The molecule has 0 aromatic heterocycles. The lowest BCUT2D eigenvalue weighted by molar-refractivity contribution is 0.171. The summed E-state index contributed by atoms with van der Waals surface area (Å²) in [5.41, 5.74) is 2.48. The van der Waals surface area contributed by atoms with Gasteiger partial charge in [0.1, 0.15) is 13.2 Å². The van der Waals surface area contributed by atoms with Crippen LogP contribution < -0.4 is 14.4 Å². The van der Waals surface area contributed by atoms with Gasteiger partial charge in [0.15, 0.2) is 11.5 Å². The summed E-state index contributed by atoms with van der Waals surface area (Å²) in [4.78, 5) is 2.33. The summed E-state index contributed by atoms with van der Waals surface area (Å²) >= 11 is 0. The summed E-state index contributed by atoms with van der Waals surface area (Å²) in [5, 5.41) is 0. The maximum atomic E-state index is 5.66. The molecular weight excluding hydrogens is 274 g/mol. The van der Waals surface area contributed by atoms with Gasteiger partial charge < -0.3 is 14.4 Å². The lowest BCUT2D eigenvalue weighted by atomic mass is 10.2. The van der Waals surface area contributed by atoms with Gasteiger partial charge in [0, 0.05) is 24.8 Å². The van der Waals surface area contributed by atoms with E-state index >= 15 is 0 Å². The predicted molar refractivity (Wildman–Crippen MR) is 91.9 cm³/mol. The van der Waals surface area contributed by atoms with Crippen LogP contribution in [0, 0.1) is 0 Å². The van der Waals surface area contributed by atoms with Crippen molar-refractivity contribution in [1.82, 2.24) is 0 Å². The molecule has 0 atom stereocenters. The Labute approximate surface area is 133 Å². The molecule has 2 aromatic carbocycles. The Hall–Kier alpha value is -2.16. The van der Waals surface area contributed by atoms with Gasteiger partial charge in [0.05, 0.1) is 0 Å². The molecule has 0 saturated carbocycles. The second-order valence-electron chi connectivity index (χ2n) is 4.83. The molecule has 3 nitrogen and oxygen atoms in total. The second-order valence-corrected chi connectivity index (χ2v) is 4.83. The molecule has 0 aliphatic carbocycles. The maximum absolute atomic E-state index is 5.66. The SMILES string of the molecule is CC.CCN(Cc1ccccc1)c1ccc2c(c1)OCCO2. The smallest absolute Gasteiger partial charge is 0.163 e. The Morgan fingerprint density at radius 1 is 0.909 bits per heavy atom. The average Bonchev–Trinajstić information content (AvgIpc) is 2.62. The van der Waals surface area contributed by atoms with Crippen LogP contribution in [0.5, 0.6) is 11.5 Å². The molecule has 1 aliphatic rings. The van der Waals surface area contributed by atoms with Crippen LogP contribution in [0.3, 0.4) is 0 Å². The fraction of sp³-hybridized carbons (Fsp3) is 0.368. The van der Waals surface area contributed by atoms with Crippen LogP contribution in [-0.2, 0) is 6.54 Å². The van der Waals surface area contributed by atoms with E-state index in [0.29, 0.717) is 13.2 Å². The molecule has 0 amide bonds. The van der Waals surface area contributed by atoms with Gasteiger partial charge in [0.2, 0.25) is 0 Å². The first-order chi connectivity index (χ1) is 10.9. The van der Waals surface area contributed by atoms with Crippen molar-refractivity contribution in [3.8, 4) is 11.5 Å². The van der Waals surface area contributed by atoms with Crippen molar-refractivity contribution in [1.29, 1.82) is 0 Å². The zero-order valence-electron chi connectivity index (χ0n) is 13.7. The number of hydrogen-bond donors (Lipinski definition) is 0. The molecule has 0 radical (unpaired) electrons. The molecule has 0 saturated heterocycles. The van der Waals surface area contributed by atoms with Gasteiger partial charge in [-0.05, 0) is 24.6 Å². The van der Waals surface area contributed by atoms with Crippen LogP contribution in [0.25, 0.3) is 0 Å². The van der Waals surface area contributed by atoms with E-state index in [2.05, 4.69) is 48.2 Å². The zero-order valence-corrected chi connectivity index (χ0v) is 13.7. The van der Waals surface area contributed by atoms with E-state index in [1.807, 2.05) is 26.0 Å². The van der Waals surface area contributed by atoms with Crippen molar-refractivity contribution in [3.05, 3.63) is 54.1 Å². The first-order valence-corrected chi connectivity index (χ1v) is 8.05. The third-order valence-electron chi connectivity index (χ3n) is 3.49. The molecular formula is C19H25NO2. The first kappa shape index (κ1) is 16.2. The molecule has 0 bridgehead atoms. The molecule has 22 heavy (non-hydrogen) atoms. The summed E-state index contributed by atoms with van der Waals surface area (Å²) in [7, 11) is 0. The monoisotopic (exact) mass is 299 g/mol. The summed E-state index contributed by atoms with van der Waals surface area (Å²) in [6.45, 7) is 9.28. The van der Waals surface area contributed by atoms with E-state index in [4.69, 9.17) is 9.47 Å². The van der Waals surface area contributed by atoms with Crippen molar-refractivity contribution >= 4 is 5.69 Å². The van der Waals surface area contributed by atoms with Gasteiger partial charge in [-0.15, -0.1) is 0 Å². The fourth-order valence-electron chi connectivity index (χ4n) is 2.42. The van der Waals surface area contributed by atoms with Crippen LogP contribution in [0.4, 0.5) is 5.69 Å². The van der Waals surface area contributed by atoms with Crippen LogP contribution in [0.2, 0.25) is 0 Å². The van der Waals surface area contributed by atoms with E-state index < -0.39 is 0 Å². The Morgan fingerprint density at radius 3 is 2.27 bits per heavy atom.